The highest BCUT2D eigenvalue weighted by Gasteiger charge is 2.08. The van der Waals surface area contributed by atoms with E-state index in [4.69, 9.17) is 14.2 Å². The van der Waals surface area contributed by atoms with Crippen LogP contribution in [0.2, 0.25) is 0 Å². The van der Waals surface area contributed by atoms with Gasteiger partial charge in [-0.2, -0.15) is 0 Å². The van der Waals surface area contributed by atoms with E-state index in [0.717, 1.165) is 41.7 Å². The maximum Gasteiger partial charge on any atom is 0.169 e. The van der Waals surface area contributed by atoms with Gasteiger partial charge in [0.05, 0.1) is 19.7 Å². The van der Waals surface area contributed by atoms with E-state index in [1.807, 2.05) is 60.7 Å². The van der Waals surface area contributed by atoms with Crippen molar-refractivity contribution in [2.45, 2.75) is 13.0 Å². The number of pyridine rings is 1. The highest BCUT2D eigenvalue weighted by Crippen LogP contribution is 2.33. The van der Waals surface area contributed by atoms with Gasteiger partial charge in [0, 0.05) is 42.0 Å². The summed E-state index contributed by atoms with van der Waals surface area (Å²) in [6.07, 6.45) is 2.71. The predicted octanol–water partition coefficient (Wildman–Crippen LogP) is 5.76. The Morgan fingerprint density at radius 1 is 0.857 bits per heavy atom. The van der Waals surface area contributed by atoms with E-state index in [9.17, 15) is 5.11 Å². The molecule has 35 heavy (non-hydrogen) atoms. The summed E-state index contributed by atoms with van der Waals surface area (Å²) in [5.74, 6) is 2.72. The van der Waals surface area contributed by atoms with E-state index in [1.54, 1.807) is 26.5 Å². The van der Waals surface area contributed by atoms with Gasteiger partial charge in [-0.1, -0.05) is 24.3 Å². The van der Waals surface area contributed by atoms with Gasteiger partial charge in [-0.25, -0.2) is 0 Å². The molecule has 0 atom stereocenters. The fourth-order valence-corrected chi connectivity index (χ4v) is 3.71. The van der Waals surface area contributed by atoms with Gasteiger partial charge in [-0.15, -0.1) is 12.4 Å². The summed E-state index contributed by atoms with van der Waals surface area (Å²) in [7, 11) is 3.18. The number of aromatic hydroxyl groups is 1. The van der Waals surface area contributed by atoms with Gasteiger partial charge in [-0.05, 0) is 49.4 Å². The largest absolute Gasteiger partial charge is 0.504 e. The first-order valence-electron chi connectivity index (χ1n) is 11.2. The Bertz CT molecular complexity index is 1250. The summed E-state index contributed by atoms with van der Waals surface area (Å²) in [6.45, 7) is 2.19. The molecule has 1 heterocycles. The number of methoxy groups -OCH3 is 2. The highest BCUT2D eigenvalue weighted by molar-refractivity contribution is 5.91. The minimum absolute atomic E-state index is 0. The zero-order valence-corrected chi connectivity index (χ0v) is 20.6. The molecular weight excluding hydrogens is 466 g/mol. The Labute approximate surface area is 211 Å². The molecule has 0 saturated heterocycles. The van der Waals surface area contributed by atoms with Crippen LogP contribution in [-0.2, 0) is 6.54 Å². The van der Waals surface area contributed by atoms with Crippen LogP contribution in [-0.4, -0.2) is 37.4 Å². The van der Waals surface area contributed by atoms with Crippen molar-refractivity contribution >= 4 is 29.0 Å². The van der Waals surface area contributed by atoms with Gasteiger partial charge >= 0.3 is 0 Å². The van der Waals surface area contributed by atoms with Gasteiger partial charge in [0.15, 0.2) is 23.0 Å². The van der Waals surface area contributed by atoms with Gasteiger partial charge < -0.3 is 30.0 Å². The van der Waals surface area contributed by atoms with Crippen LogP contribution in [0.25, 0.3) is 10.9 Å². The zero-order valence-electron chi connectivity index (χ0n) is 19.8. The molecule has 0 amide bonds. The number of halogens is 1. The topological polar surface area (TPSA) is 84.9 Å². The summed E-state index contributed by atoms with van der Waals surface area (Å²) in [4.78, 5) is 4.50. The Morgan fingerprint density at radius 2 is 1.63 bits per heavy atom. The maximum atomic E-state index is 10.2. The second kappa shape index (κ2) is 12.7. The van der Waals surface area contributed by atoms with E-state index >= 15 is 0 Å². The summed E-state index contributed by atoms with van der Waals surface area (Å²) in [5.41, 5.74) is 2.70. The average Bonchev–Trinajstić information content (AvgIpc) is 2.87. The van der Waals surface area contributed by atoms with Gasteiger partial charge in [0.25, 0.3) is 0 Å². The number of nitrogens with zero attached hydrogens (tertiary/aromatic N) is 1. The highest BCUT2D eigenvalue weighted by atomic mass is 35.5. The van der Waals surface area contributed by atoms with Gasteiger partial charge in [0.2, 0.25) is 0 Å². The van der Waals surface area contributed by atoms with Crippen molar-refractivity contribution in [2.75, 3.05) is 32.6 Å². The fourth-order valence-electron chi connectivity index (χ4n) is 3.71. The Balaban J connectivity index is 0.00000342. The molecule has 0 aliphatic rings. The lowest BCUT2D eigenvalue weighted by atomic mass is 10.1. The van der Waals surface area contributed by atoms with Gasteiger partial charge in [0.1, 0.15) is 5.75 Å². The van der Waals surface area contributed by atoms with Crippen molar-refractivity contribution in [2.24, 2.45) is 0 Å². The molecular formula is C27H30ClN3O4. The number of fused-ring (bicyclic) bond motifs is 1. The lowest BCUT2D eigenvalue weighted by Gasteiger charge is -2.13. The average molecular weight is 496 g/mol. The van der Waals surface area contributed by atoms with Crippen LogP contribution in [0.15, 0.2) is 72.9 Å². The molecule has 3 N–H and O–H groups in total. The van der Waals surface area contributed by atoms with Crippen LogP contribution in [0.4, 0.5) is 5.69 Å². The van der Waals surface area contributed by atoms with Crippen molar-refractivity contribution in [3.63, 3.8) is 0 Å². The Kier molecular flexibility index (Phi) is 9.40. The minimum atomic E-state index is 0. The second-order valence-corrected chi connectivity index (χ2v) is 7.72. The van der Waals surface area contributed by atoms with Crippen molar-refractivity contribution < 1.29 is 19.3 Å². The molecule has 4 rings (SSSR count). The monoisotopic (exact) mass is 495 g/mol. The molecule has 0 bridgehead atoms. The second-order valence-electron chi connectivity index (χ2n) is 7.72. The molecule has 3 aromatic carbocycles. The number of aromatic nitrogens is 1. The quantitative estimate of drug-likeness (QED) is 0.228. The number of ether oxygens (including phenoxy) is 3. The number of nitrogens with one attached hydrogen (secondary N) is 2. The molecule has 0 fully saturated rings. The van der Waals surface area contributed by atoms with E-state index in [0.29, 0.717) is 29.5 Å². The molecule has 0 radical (unpaired) electrons. The van der Waals surface area contributed by atoms with E-state index in [1.165, 1.54) is 0 Å². The Hall–Kier alpha value is -3.68. The minimum Gasteiger partial charge on any atom is -0.504 e. The lowest BCUT2D eigenvalue weighted by molar-refractivity contribution is 0.369. The number of phenolic OH excluding ortho intramolecular Hbond substituents is 1. The summed E-state index contributed by atoms with van der Waals surface area (Å²) in [5, 5.41) is 18.1. The SMILES string of the molecule is COc1ccccc1Oc1ccc2c(NCCCNCc3cccc(OC)c3O)ccnc2c1.Cl. The third-order valence-corrected chi connectivity index (χ3v) is 5.47. The fraction of sp³-hybridized carbons (Fsp3) is 0.222. The molecule has 4 aromatic rings. The number of hydrogen-bond acceptors (Lipinski definition) is 7. The number of para-hydroxylation sites is 3. The van der Waals surface area contributed by atoms with Crippen molar-refractivity contribution in [1.82, 2.24) is 10.3 Å². The molecule has 184 valence electrons. The first-order valence-corrected chi connectivity index (χ1v) is 11.2. The summed E-state index contributed by atoms with van der Waals surface area (Å²) >= 11 is 0. The molecule has 0 unspecified atom stereocenters. The zero-order chi connectivity index (χ0) is 23.8. The molecule has 7 nitrogen and oxygen atoms in total. The van der Waals surface area contributed by atoms with E-state index in [2.05, 4.69) is 15.6 Å². The van der Waals surface area contributed by atoms with Crippen LogP contribution in [0, 0.1) is 0 Å². The standard InChI is InChI=1S/C27H29N3O4.ClH/c1-32-24-8-3-4-9-25(24)34-20-11-12-21-22(13-16-30-23(21)17-20)29-15-6-14-28-18-19-7-5-10-26(33-2)27(19)31;/h3-5,7-13,16-17,28,31H,6,14-15,18H2,1-2H3,(H,29,30);1H. The maximum absolute atomic E-state index is 10.2. The van der Waals surface area contributed by atoms with Crippen molar-refractivity contribution in [3.05, 3.63) is 78.5 Å². The van der Waals surface area contributed by atoms with E-state index < -0.39 is 0 Å². The van der Waals surface area contributed by atoms with Crippen LogP contribution in [0.1, 0.15) is 12.0 Å². The third-order valence-electron chi connectivity index (χ3n) is 5.47. The lowest BCUT2D eigenvalue weighted by Crippen LogP contribution is -2.17. The van der Waals surface area contributed by atoms with Crippen molar-refractivity contribution in [3.8, 4) is 28.7 Å². The van der Waals surface area contributed by atoms with Crippen LogP contribution >= 0.6 is 12.4 Å². The molecule has 1 aromatic heterocycles. The predicted molar refractivity (Wildman–Crippen MR) is 142 cm³/mol. The van der Waals surface area contributed by atoms with E-state index in [-0.39, 0.29) is 18.2 Å². The molecule has 0 saturated carbocycles. The number of anilines is 1. The number of benzene rings is 3. The molecule has 0 aliphatic carbocycles. The van der Waals surface area contributed by atoms with Crippen LogP contribution in [0.5, 0.6) is 28.7 Å². The first-order chi connectivity index (χ1) is 16.7. The van der Waals surface area contributed by atoms with Crippen LogP contribution < -0.4 is 24.8 Å². The van der Waals surface area contributed by atoms with Crippen molar-refractivity contribution in [1.29, 1.82) is 0 Å². The number of phenols is 1. The number of hydrogen-bond donors (Lipinski definition) is 3. The molecule has 0 aliphatic heterocycles. The van der Waals surface area contributed by atoms with Gasteiger partial charge in [-0.3, -0.25) is 4.98 Å². The summed E-state index contributed by atoms with van der Waals surface area (Å²) in [6, 6.07) is 20.9. The molecule has 8 heteroatoms. The third kappa shape index (κ3) is 6.47. The first kappa shape index (κ1) is 25.9. The number of rotatable bonds is 11. The summed E-state index contributed by atoms with van der Waals surface area (Å²) < 4.78 is 16.5. The smallest absolute Gasteiger partial charge is 0.169 e. The van der Waals surface area contributed by atoms with Crippen LogP contribution in [0.3, 0.4) is 0 Å². The Morgan fingerprint density at radius 3 is 2.43 bits per heavy atom. The normalized spacial score (nSPS) is 10.5. The molecule has 0 spiro atoms.